The first-order valence-electron chi connectivity index (χ1n) is 14.9. The highest BCUT2D eigenvalue weighted by Gasteiger charge is 2.48. The predicted octanol–water partition coefficient (Wildman–Crippen LogP) is 3.66. The van der Waals surface area contributed by atoms with Gasteiger partial charge in [-0.15, -0.1) is 10.2 Å². The SMILES string of the molecule is C[C@@H]1CCC[C@@H](C)N1CCNC(=O)CCCc1nnc2n1C1CCCCC1C1NC(c3ccccc3)NN21. The highest BCUT2D eigenvalue weighted by Crippen LogP contribution is 2.45. The van der Waals surface area contributed by atoms with Crippen molar-refractivity contribution in [1.29, 1.82) is 0 Å². The molecule has 0 radical (unpaired) electrons. The summed E-state index contributed by atoms with van der Waals surface area (Å²) in [7, 11) is 0. The highest BCUT2D eigenvalue weighted by molar-refractivity contribution is 5.75. The number of benzene rings is 1. The summed E-state index contributed by atoms with van der Waals surface area (Å²) in [4.78, 5) is 15.2. The lowest BCUT2D eigenvalue weighted by Crippen LogP contribution is -2.53. The Labute approximate surface area is 226 Å². The molecular weight excluding hydrogens is 476 g/mol. The molecule has 1 aromatic heterocycles. The number of rotatable bonds is 8. The molecule has 9 heteroatoms. The number of aryl methyl sites for hydroxylation is 1. The molecule has 2 aromatic rings. The second-order valence-electron chi connectivity index (χ2n) is 11.8. The molecular formula is C29H44N8O. The topological polar surface area (TPSA) is 90.3 Å². The summed E-state index contributed by atoms with van der Waals surface area (Å²) in [6, 6.07) is 12.2. The minimum atomic E-state index is 0.0649. The third-order valence-corrected chi connectivity index (χ3v) is 9.37. The summed E-state index contributed by atoms with van der Waals surface area (Å²) in [5, 5.41) is 18.5. The van der Waals surface area contributed by atoms with E-state index in [1.807, 2.05) is 0 Å². The Kier molecular flexibility index (Phi) is 7.68. The van der Waals surface area contributed by atoms with Gasteiger partial charge in [0, 0.05) is 50.0 Å². The first kappa shape index (κ1) is 25.8. The molecule has 4 heterocycles. The molecule has 3 N–H and O–H groups in total. The number of fused-ring (bicyclic) bond motifs is 6. The minimum Gasteiger partial charge on any atom is -0.355 e. The van der Waals surface area contributed by atoms with Crippen LogP contribution in [0.4, 0.5) is 5.95 Å². The van der Waals surface area contributed by atoms with E-state index >= 15 is 0 Å². The second-order valence-corrected chi connectivity index (χ2v) is 11.8. The molecule has 206 valence electrons. The second kappa shape index (κ2) is 11.3. The van der Waals surface area contributed by atoms with Crippen molar-refractivity contribution in [2.24, 2.45) is 5.92 Å². The highest BCUT2D eigenvalue weighted by atomic mass is 16.1. The molecule has 0 spiro atoms. The van der Waals surface area contributed by atoms with Crippen LogP contribution in [0.25, 0.3) is 0 Å². The largest absolute Gasteiger partial charge is 0.355 e. The van der Waals surface area contributed by atoms with Gasteiger partial charge in [0.1, 0.15) is 18.2 Å². The van der Waals surface area contributed by atoms with Crippen molar-refractivity contribution in [3.8, 4) is 0 Å². The maximum Gasteiger partial charge on any atom is 0.243 e. The van der Waals surface area contributed by atoms with Crippen LogP contribution in [0.5, 0.6) is 0 Å². The van der Waals surface area contributed by atoms with Gasteiger partial charge in [-0.1, -0.05) is 49.6 Å². The summed E-state index contributed by atoms with van der Waals surface area (Å²) < 4.78 is 2.39. The fraction of sp³-hybridized carbons (Fsp3) is 0.690. The molecule has 3 fully saturated rings. The molecule has 1 aliphatic carbocycles. The number of nitrogens with one attached hydrogen (secondary N) is 3. The van der Waals surface area contributed by atoms with Crippen LogP contribution in [0.3, 0.4) is 0 Å². The summed E-state index contributed by atoms with van der Waals surface area (Å²) in [6.07, 6.45) is 11.1. The van der Waals surface area contributed by atoms with E-state index in [-0.39, 0.29) is 18.2 Å². The molecule has 2 saturated heterocycles. The van der Waals surface area contributed by atoms with Crippen LogP contribution < -0.4 is 21.1 Å². The van der Waals surface area contributed by atoms with Crippen molar-refractivity contribution in [2.75, 3.05) is 18.1 Å². The third kappa shape index (κ3) is 5.08. The number of hydrogen-bond acceptors (Lipinski definition) is 7. The van der Waals surface area contributed by atoms with Crippen molar-refractivity contribution in [3.63, 3.8) is 0 Å². The molecule has 9 nitrogen and oxygen atoms in total. The van der Waals surface area contributed by atoms with Crippen LogP contribution in [0.1, 0.15) is 95.2 Å². The van der Waals surface area contributed by atoms with Crippen LogP contribution in [0.15, 0.2) is 30.3 Å². The Morgan fingerprint density at radius 1 is 1.03 bits per heavy atom. The zero-order valence-corrected chi connectivity index (χ0v) is 23.0. The van der Waals surface area contributed by atoms with Gasteiger partial charge >= 0.3 is 0 Å². The fourth-order valence-electron chi connectivity index (χ4n) is 7.37. The Hall–Kier alpha value is -2.49. The molecule has 6 atom stereocenters. The lowest BCUT2D eigenvalue weighted by atomic mass is 9.81. The van der Waals surface area contributed by atoms with E-state index in [1.54, 1.807) is 0 Å². The van der Waals surface area contributed by atoms with Crippen molar-refractivity contribution in [3.05, 3.63) is 41.7 Å². The number of carbonyl (C=O) groups excluding carboxylic acids is 1. The fourth-order valence-corrected chi connectivity index (χ4v) is 7.37. The van der Waals surface area contributed by atoms with Gasteiger partial charge in [-0.2, -0.15) is 0 Å². The molecule has 38 heavy (non-hydrogen) atoms. The standard InChI is InChI=1S/C29H44N8O/c1-20-10-8-11-21(2)35(20)19-18-30-26(38)17-9-16-25-32-33-29-36(25)24-15-7-6-14-23(24)28-31-27(34-37(28)29)22-12-4-3-5-13-22/h3-5,12-13,20-21,23-24,27-28,31,34H,6-11,14-19H2,1-2H3,(H,30,38)/t20-,21-,23?,24?,27?,28?/m1/s1. The number of anilines is 1. The van der Waals surface area contributed by atoms with Crippen LogP contribution in [-0.4, -0.2) is 56.9 Å². The van der Waals surface area contributed by atoms with Crippen LogP contribution in [0, 0.1) is 5.92 Å². The number of carbonyl (C=O) groups is 1. The van der Waals surface area contributed by atoms with Crippen LogP contribution >= 0.6 is 0 Å². The van der Waals surface area contributed by atoms with Gasteiger partial charge in [-0.3, -0.25) is 24.6 Å². The summed E-state index contributed by atoms with van der Waals surface area (Å²) >= 11 is 0. The zero-order valence-electron chi connectivity index (χ0n) is 23.0. The van der Waals surface area contributed by atoms with Crippen molar-refractivity contribution in [1.82, 2.24) is 35.7 Å². The number of hydrazine groups is 1. The van der Waals surface area contributed by atoms with Gasteiger partial charge < -0.3 is 5.32 Å². The number of nitrogens with zero attached hydrogens (tertiary/aromatic N) is 5. The smallest absolute Gasteiger partial charge is 0.243 e. The van der Waals surface area contributed by atoms with Gasteiger partial charge in [0.15, 0.2) is 0 Å². The maximum absolute atomic E-state index is 12.6. The van der Waals surface area contributed by atoms with Crippen molar-refractivity contribution < 1.29 is 4.79 Å². The van der Waals surface area contributed by atoms with E-state index in [0.717, 1.165) is 37.7 Å². The molecule has 3 aliphatic heterocycles. The molecule has 1 saturated carbocycles. The quantitative estimate of drug-likeness (QED) is 0.489. The number of amides is 1. The average molecular weight is 521 g/mol. The molecule has 1 amide bonds. The van der Waals surface area contributed by atoms with Gasteiger partial charge in [-0.05, 0) is 51.5 Å². The van der Waals surface area contributed by atoms with Crippen LogP contribution in [-0.2, 0) is 11.2 Å². The normalized spacial score (nSPS) is 30.9. The summed E-state index contributed by atoms with van der Waals surface area (Å²) in [6.45, 7) is 6.29. The minimum absolute atomic E-state index is 0.0649. The average Bonchev–Trinajstić information content (AvgIpc) is 3.56. The Balaban J connectivity index is 1.07. The van der Waals surface area contributed by atoms with Crippen molar-refractivity contribution in [2.45, 2.75) is 109 Å². The van der Waals surface area contributed by atoms with Gasteiger partial charge in [0.05, 0.1) is 0 Å². The van der Waals surface area contributed by atoms with E-state index in [1.165, 1.54) is 50.5 Å². The first-order chi connectivity index (χ1) is 18.6. The Morgan fingerprint density at radius 3 is 2.63 bits per heavy atom. The monoisotopic (exact) mass is 520 g/mol. The van der Waals surface area contributed by atoms with E-state index in [9.17, 15) is 4.79 Å². The van der Waals surface area contributed by atoms with Crippen molar-refractivity contribution >= 4 is 11.9 Å². The number of likely N-dealkylation sites (tertiary alicyclic amines) is 1. The van der Waals surface area contributed by atoms with E-state index < -0.39 is 0 Å². The molecule has 0 bridgehead atoms. The van der Waals surface area contributed by atoms with Gasteiger partial charge in [-0.25, -0.2) is 5.43 Å². The lowest BCUT2D eigenvalue weighted by molar-refractivity contribution is -0.121. The molecule has 4 unspecified atom stereocenters. The summed E-state index contributed by atoms with van der Waals surface area (Å²) in [5.41, 5.74) is 4.91. The maximum atomic E-state index is 12.6. The van der Waals surface area contributed by atoms with Crippen LogP contribution in [0.2, 0.25) is 0 Å². The number of hydrogen-bond donors (Lipinski definition) is 3. The number of aromatic nitrogens is 3. The van der Waals surface area contributed by atoms with Gasteiger partial charge in [0.2, 0.25) is 11.9 Å². The zero-order chi connectivity index (χ0) is 26.1. The van der Waals surface area contributed by atoms with Gasteiger partial charge in [0.25, 0.3) is 0 Å². The molecule has 1 aromatic carbocycles. The molecule has 6 rings (SSSR count). The Bertz CT molecular complexity index is 1080. The Morgan fingerprint density at radius 2 is 1.82 bits per heavy atom. The molecule has 4 aliphatic rings. The third-order valence-electron chi connectivity index (χ3n) is 9.37. The van der Waals surface area contributed by atoms with E-state index in [2.05, 4.69) is 84.9 Å². The predicted molar refractivity (Wildman–Crippen MR) is 148 cm³/mol. The van der Waals surface area contributed by atoms with E-state index in [0.29, 0.717) is 30.5 Å². The summed E-state index contributed by atoms with van der Waals surface area (Å²) in [5.74, 6) is 2.58. The lowest BCUT2D eigenvalue weighted by Gasteiger charge is -2.44. The first-order valence-corrected chi connectivity index (χ1v) is 14.9. The number of piperidine rings is 1. The van der Waals surface area contributed by atoms with E-state index in [4.69, 9.17) is 0 Å².